The third-order valence-corrected chi connectivity index (χ3v) is 4.89. The summed E-state index contributed by atoms with van der Waals surface area (Å²) in [4.78, 5) is 0. The van der Waals surface area contributed by atoms with Crippen LogP contribution in [0.1, 0.15) is 0 Å². The molecule has 7 N–H and O–H groups in total. The number of epoxide rings is 1. The van der Waals surface area contributed by atoms with Gasteiger partial charge in [0.15, 0.2) is 18.1 Å². The molecule has 0 aromatic carbocycles. The maximum absolute atomic E-state index is 15.1. The van der Waals surface area contributed by atoms with Gasteiger partial charge in [-0.05, 0) is 0 Å². The number of aliphatic hydroxyl groups is 7. The van der Waals surface area contributed by atoms with E-state index in [-0.39, 0.29) is 0 Å². The zero-order valence-corrected chi connectivity index (χ0v) is 12.4. The number of ether oxygens (including phenoxy) is 3. The quantitative estimate of drug-likeness (QED) is 0.238. The molecule has 0 saturated carbocycles. The van der Waals surface area contributed by atoms with Crippen molar-refractivity contribution in [1.29, 1.82) is 0 Å². The molecule has 3 saturated heterocycles. The van der Waals surface area contributed by atoms with Crippen molar-refractivity contribution < 1.29 is 54.3 Å². The number of aliphatic hydroxyl groups excluding tert-OH is 7. The summed E-state index contributed by atoms with van der Waals surface area (Å²) in [6.45, 7) is -1.51. The minimum absolute atomic E-state index is 0.729. The van der Waals surface area contributed by atoms with Crippen molar-refractivity contribution in [1.82, 2.24) is 0 Å². The van der Waals surface area contributed by atoms with Gasteiger partial charge >= 0.3 is 0 Å². The maximum atomic E-state index is 15.1. The van der Waals surface area contributed by atoms with Crippen molar-refractivity contribution in [3.05, 3.63) is 0 Å². The van der Waals surface area contributed by atoms with Crippen LogP contribution in [-0.2, 0) is 14.2 Å². The molecule has 0 radical (unpaired) electrons. The third-order valence-electron chi connectivity index (χ3n) is 4.89. The summed E-state index contributed by atoms with van der Waals surface area (Å²) >= 11 is 0. The molecular weight excluding hydrogens is 335 g/mol. The van der Waals surface area contributed by atoms with Crippen molar-refractivity contribution in [2.75, 3.05) is 13.2 Å². The summed E-state index contributed by atoms with van der Waals surface area (Å²) in [5, 5.41) is 67.2. The summed E-state index contributed by atoms with van der Waals surface area (Å²) in [5.41, 5.74) is -1.88. The zero-order chi connectivity index (χ0) is 17.8. The highest BCUT2D eigenvalue weighted by Gasteiger charge is 2.78. The van der Waals surface area contributed by atoms with Crippen LogP contribution in [0.3, 0.4) is 0 Å². The lowest BCUT2D eigenvalue weighted by molar-refractivity contribution is -0.254. The highest BCUT2D eigenvalue weighted by atomic mass is 19.1. The summed E-state index contributed by atoms with van der Waals surface area (Å²) in [7, 11) is 0. The van der Waals surface area contributed by atoms with Crippen LogP contribution >= 0.6 is 0 Å². The predicted molar refractivity (Wildman–Crippen MR) is 70.2 cm³/mol. The second kappa shape index (κ2) is 6.36. The van der Waals surface area contributed by atoms with Crippen molar-refractivity contribution in [2.45, 2.75) is 66.9 Å². The Kier molecular flexibility index (Phi) is 4.85. The molecule has 0 amide bonds. The second-order valence-corrected chi connectivity index (χ2v) is 6.28. The number of halogens is 1. The second-order valence-electron chi connectivity index (χ2n) is 6.28. The average Bonchev–Trinajstić information content (AvgIpc) is 3.27. The first-order valence-electron chi connectivity index (χ1n) is 7.54. The number of fused-ring (bicyclic) bond motifs is 1. The molecule has 0 bridgehead atoms. The molecule has 24 heavy (non-hydrogen) atoms. The van der Waals surface area contributed by atoms with Crippen molar-refractivity contribution in [2.24, 2.45) is 0 Å². The van der Waals surface area contributed by atoms with Crippen molar-refractivity contribution in [3.8, 4) is 0 Å². The molecule has 11 atom stereocenters. The van der Waals surface area contributed by atoms with Crippen LogP contribution in [0.4, 0.5) is 4.39 Å². The van der Waals surface area contributed by atoms with Gasteiger partial charge in [0, 0.05) is 0 Å². The number of hydrogen-bond acceptors (Lipinski definition) is 10. The molecule has 10 nitrogen and oxygen atoms in total. The first-order valence-corrected chi connectivity index (χ1v) is 7.54. The smallest absolute Gasteiger partial charge is 0.184 e. The summed E-state index contributed by atoms with van der Waals surface area (Å²) in [5.74, 6) is 0. The highest BCUT2D eigenvalue weighted by molar-refractivity contribution is 5.22. The number of alkyl halides is 1. The highest BCUT2D eigenvalue weighted by Crippen LogP contribution is 2.55. The molecule has 3 aliphatic heterocycles. The zero-order valence-electron chi connectivity index (χ0n) is 12.4. The standard InChI is InChI=1S/C13H21FO10/c14-9(8-7(20)6(19)5(18)4(2-16)22-8)13-10(3(17)1-15)23-12(21)11(13)24-13/h3-12,15-21H,1-2H2/t3-,4-,5-,6+,7+,8-,9-,10+,11+,12+,13-/m1/s1. The Morgan fingerprint density at radius 1 is 1.00 bits per heavy atom. The van der Waals surface area contributed by atoms with Crippen molar-refractivity contribution in [3.63, 3.8) is 0 Å². The van der Waals surface area contributed by atoms with Gasteiger partial charge in [-0.3, -0.25) is 0 Å². The predicted octanol–water partition coefficient (Wildman–Crippen LogP) is -4.63. The van der Waals surface area contributed by atoms with E-state index in [0.29, 0.717) is 0 Å². The molecule has 3 fully saturated rings. The van der Waals surface area contributed by atoms with Gasteiger partial charge in [0.25, 0.3) is 0 Å². The molecule has 0 aromatic rings. The molecule has 3 heterocycles. The van der Waals surface area contributed by atoms with E-state index in [0.717, 1.165) is 0 Å². The molecular formula is C13H21FO10. The van der Waals surface area contributed by atoms with E-state index in [1.165, 1.54) is 0 Å². The molecule has 11 heteroatoms. The van der Waals surface area contributed by atoms with E-state index in [2.05, 4.69) is 0 Å². The molecule has 0 spiro atoms. The Labute approximate surface area is 135 Å². The minimum Gasteiger partial charge on any atom is -0.394 e. The van der Waals surface area contributed by atoms with Crippen LogP contribution in [-0.4, -0.2) is 116 Å². The van der Waals surface area contributed by atoms with Gasteiger partial charge in [0.05, 0.1) is 13.2 Å². The van der Waals surface area contributed by atoms with Crippen LogP contribution < -0.4 is 0 Å². The van der Waals surface area contributed by atoms with E-state index in [4.69, 9.17) is 24.4 Å². The third kappa shape index (κ3) is 2.48. The van der Waals surface area contributed by atoms with E-state index in [1.54, 1.807) is 0 Å². The van der Waals surface area contributed by atoms with Crippen LogP contribution in [0.15, 0.2) is 0 Å². The van der Waals surface area contributed by atoms with Gasteiger partial charge in [0.1, 0.15) is 48.8 Å². The van der Waals surface area contributed by atoms with Gasteiger partial charge in [0.2, 0.25) is 0 Å². The topological polar surface area (TPSA) is 173 Å². The Morgan fingerprint density at radius 3 is 2.21 bits per heavy atom. The maximum Gasteiger partial charge on any atom is 0.184 e. The van der Waals surface area contributed by atoms with Crippen LogP contribution in [0.2, 0.25) is 0 Å². The lowest BCUT2D eigenvalue weighted by Gasteiger charge is -2.42. The van der Waals surface area contributed by atoms with E-state index < -0.39 is 80.1 Å². The Bertz CT molecular complexity index is 466. The molecule has 0 aromatic heterocycles. The molecule has 3 aliphatic rings. The monoisotopic (exact) mass is 356 g/mol. The Balaban J connectivity index is 1.84. The van der Waals surface area contributed by atoms with Gasteiger partial charge in [-0.15, -0.1) is 0 Å². The largest absolute Gasteiger partial charge is 0.394 e. The molecule has 0 aliphatic carbocycles. The van der Waals surface area contributed by atoms with Gasteiger partial charge < -0.3 is 50.0 Å². The van der Waals surface area contributed by atoms with Crippen LogP contribution in [0, 0.1) is 0 Å². The summed E-state index contributed by atoms with van der Waals surface area (Å²) in [6.07, 6.45) is -16.2. The lowest BCUT2D eigenvalue weighted by atomic mass is 9.83. The molecule has 3 rings (SSSR count). The van der Waals surface area contributed by atoms with Crippen LogP contribution in [0.5, 0.6) is 0 Å². The Morgan fingerprint density at radius 2 is 1.67 bits per heavy atom. The Hall–Kier alpha value is -0.470. The van der Waals surface area contributed by atoms with E-state index >= 15 is 4.39 Å². The van der Waals surface area contributed by atoms with E-state index in [9.17, 15) is 25.5 Å². The number of hydrogen-bond donors (Lipinski definition) is 7. The fraction of sp³-hybridized carbons (Fsp3) is 1.00. The first kappa shape index (κ1) is 18.3. The van der Waals surface area contributed by atoms with Crippen LogP contribution in [0.25, 0.3) is 0 Å². The average molecular weight is 356 g/mol. The fourth-order valence-corrected chi connectivity index (χ4v) is 3.52. The normalized spacial score (nSPS) is 53.5. The summed E-state index contributed by atoms with van der Waals surface area (Å²) < 4.78 is 30.5. The SMILES string of the molecule is OC[C@@H](O)[C@@H]1O[C@H](O)[C@@H]2O[C@]12[C@H](F)[C@@H]1O[C@H](CO)[C@@H](O)[C@H](O)[C@@H]1O. The minimum atomic E-state index is -2.18. The fourth-order valence-electron chi connectivity index (χ4n) is 3.52. The van der Waals surface area contributed by atoms with E-state index in [1.807, 2.05) is 0 Å². The van der Waals surface area contributed by atoms with Crippen molar-refractivity contribution >= 4 is 0 Å². The van der Waals surface area contributed by atoms with Gasteiger partial charge in [-0.25, -0.2) is 4.39 Å². The van der Waals surface area contributed by atoms with Gasteiger partial charge in [-0.1, -0.05) is 0 Å². The number of rotatable bonds is 5. The van der Waals surface area contributed by atoms with Gasteiger partial charge in [-0.2, -0.15) is 0 Å². The molecule has 140 valence electrons. The lowest BCUT2D eigenvalue weighted by Crippen LogP contribution is -2.64. The molecule has 0 unspecified atom stereocenters. The first-order chi connectivity index (χ1) is 11.3. The summed E-state index contributed by atoms with van der Waals surface area (Å²) in [6, 6.07) is 0.